The van der Waals surface area contributed by atoms with Gasteiger partial charge in [0.25, 0.3) is 0 Å². The summed E-state index contributed by atoms with van der Waals surface area (Å²) in [5.74, 6) is -0.859. The summed E-state index contributed by atoms with van der Waals surface area (Å²) in [7, 11) is 1.55. The van der Waals surface area contributed by atoms with Crippen LogP contribution in [-0.4, -0.2) is 41.8 Å². The third kappa shape index (κ3) is 4.63. The Morgan fingerprint density at radius 1 is 0.933 bits per heavy atom. The van der Waals surface area contributed by atoms with Crippen LogP contribution < -0.4 is 9.64 Å². The van der Waals surface area contributed by atoms with E-state index in [1.54, 1.807) is 74.7 Å². The second-order valence-electron chi connectivity index (χ2n) is 12.2. The Bertz CT molecular complexity index is 1930. The highest BCUT2D eigenvalue weighted by molar-refractivity contribution is 6.23. The number of hydrogen-bond acceptors (Lipinski definition) is 7. The predicted octanol–water partition coefficient (Wildman–Crippen LogP) is 6.35. The molecule has 5 atom stereocenters. The number of amides is 2. The van der Waals surface area contributed by atoms with Gasteiger partial charge in [0.2, 0.25) is 17.6 Å². The number of imide groups is 1. The average molecular weight is 601 g/mol. The third-order valence-electron chi connectivity index (χ3n) is 9.59. The highest BCUT2D eigenvalue weighted by Gasteiger charge is 2.60. The highest BCUT2D eigenvalue weighted by atomic mass is 16.5. The smallest absolute Gasteiger partial charge is 0.339 e. The lowest BCUT2D eigenvalue weighted by molar-refractivity contribution is -0.123. The second-order valence-corrected chi connectivity index (χ2v) is 12.2. The summed E-state index contributed by atoms with van der Waals surface area (Å²) >= 11 is 0. The van der Waals surface area contributed by atoms with Gasteiger partial charge in [-0.1, -0.05) is 42.0 Å². The zero-order valence-electron chi connectivity index (χ0n) is 25.4. The highest BCUT2D eigenvalue weighted by Crippen LogP contribution is 2.56. The first-order valence-corrected chi connectivity index (χ1v) is 15.1. The molecule has 2 heterocycles. The number of carbonyl (C=O) groups excluding carboxylic acids is 4. The van der Waals surface area contributed by atoms with Crippen LogP contribution in [-0.2, 0) is 14.3 Å². The van der Waals surface area contributed by atoms with Gasteiger partial charge in [-0.25, -0.2) is 9.78 Å². The number of pyridine rings is 1. The molecule has 2 amide bonds. The van der Waals surface area contributed by atoms with Crippen molar-refractivity contribution in [1.82, 2.24) is 4.98 Å². The molecule has 8 heteroatoms. The number of ketones is 1. The molecule has 1 saturated carbocycles. The normalized spacial score (nSPS) is 22.4. The largest absolute Gasteiger partial charge is 0.497 e. The van der Waals surface area contributed by atoms with Crippen LogP contribution in [0, 0.1) is 30.6 Å². The standard InChI is InChI=1S/C37H32N2O6/c1-19-6-5-7-27-29(37(43)45-21(3)34(40)23-10-14-26(44-4)15-11-23)18-30(38-33(19)27)22-8-12-25(13-9-22)39-35(41)31-24-16-20(2)28(17-24)32(31)36(39)42/h5-16,18,21,24,28,31-32H,17H2,1-4H3. The third-order valence-corrected chi connectivity index (χ3v) is 9.59. The van der Waals surface area contributed by atoms with E-state index in [1.807, 2.05) is 19.1 Å². The minimum atomic E-state index is -1.02. The summed E-state index contributed by atoms with van der Waals surface area (Å²) in [5.41, 5.74) is 5.18. The van der Waals surface area contributed by atoms with Gasteiger partial charge in [-0.2, -0.15) is 0 Å². The maximum absolute atomic E-state index is 13.6. The molecular weight excluding hydrogens is 568 g/mol. The Labute approximate surface area is 260 Å². The molecule has 1 aromatic heterocycles. The first kappa shape index (κ1) is 28.6. The lowest BCUT2D eigenvalue weighted by atomic mass is 9.82. The number of esters is 1. The van der Waals surface area contributed by atoms with E-state index in [0.29, 0.717) is 39.2 Å². The maximum atomic E-state index is 13.6. The van der Waals surface area contributed by atoms with E-state index in [9.17, 15) is 19.2 Å². The van der Waals surface area contributed by atoms with Crippen LogP contribution in [0.5, 0.6) is 5.75 Å². The number of nitrogens with zero attached hydrogens (tertiary/aromatic N) is 2. The van der Waals surface area contributed by atoms with Crippen molar-refractivity contribution in [1.29, 1.82) is 0 Å². The van der Waals surface area contributed by atoms with Crippen molar-refractivity contribution in [3.05, 3.63) is 101 Å². The Balaban J connectivity index is 1.17. The van der Waals surface area contributed by atoms with Gasteiger partial charge in [0, 0.05) is 16.5 Å². The number of benzene rings is 3. The van der Waals surface area contributed by atoms with E-state index in [2.05, 4.69) is 13.0 Å². The fraction of sp³-hybridized carbons (Fsp3) is 0.270. The zero-order valence-corrected chi connectivity index (χ0v) is 25.4. The van der Waals surface area contributed by atoms with Crippen LogP contribution in [0.25, 0.3) is 22.2 Å². The average Bonchev–Trinajstić information content (AvgIpc) is 3.70. The number of allylic oxidation sites excluding steroid dienone is 2. The van der Waals surface area contributed by atoms with Gasteiger partial charge in [0.05, 0.1) is 41.4 Å². The number of carbonyl (C=O) groups is 4. The van der Waals surface area contributed by atoms with Gasteiger partial charge < -0.3 is 9.47 Å². The SMILES string of the molecule is COc1ccc(C(=O)C(C)OC(=O)c2cc(-c3ccc(N4C(=O)C5C6C=C(C)C(C6)C5C4=O)cc3)nc3c(C)cccc23)cc1. The zero-order chi connectivity index (χ0) is 31.6. The van der Waals surface area contributed by atoms with Crippen LogP contribution in [0.2, 0.25) is 0 Å². The van der Waals surface area contributed by atoms with Crippen molar-refractivity contribution in [3.63, 3.8) is 0 Å². The molecule has 2 aliphatic carbocycles. The lowest BCUT2D eigenvalue weighted by Gasteiger charge is -2.19. The van der Waals surface area contributed by atoms with Gasteiger partial charge >= 0.3 is 5.97 Å². The van der Waals surface area contributed by atoms with E-state index >= 15 is 0 Å². The molecule has 226 valence electrons. The Hall–Kier alpha value is -5.11. The number of anilines is 1. The first-order chi connectivity index (χ1) is 21.7. The van der Waals surface area contributed by atoms with E-state index in [0.717, 1.165) is 12.0 Å². The number of aryl methyl sites for hydroxylation is 1. The van der Waals surface area contributed by atoms with E-state index in [1.165, 1.54) is 10.5 Å². The van der Waals surface area contributed by atoms with Crippen molar-refractivity contribution in [2.45, 2.75) is 33.3 Å². The fourth-order valence-corrected chi connectivity index (χ4v) is 7.29. The summed E-state index contributed by atoms with van der Waals surface area (Å²) < 4.78 is 10.9. The predicted molar refractivity (Wildman–Crippen MR) is 169 cm³/mol. The molecule has 3 aliphatic rings. The summed E-state index contributed by atoms with van der Waals surface area (Å²) in [5, 5.41) is 0.614. The van der Waals surface area contributed by atoms with Crippen molar-refractivity contribution in [3.8, 4) is 17.0 Å². The monoisotopic (exact) mass is 600 g/mol. The van der Waals surface area contributed by atoms with Gasteiger partial charge in [0.15, 0.2) is 6.10 Å². The molecule has 0 radical (unpaired) electrons. The summed E-state index contributed by atoms with van der Waals surface area (Å²) in [6, 6.07) is 21.0. The number of ether oxygens (including phenoxy) is 2. The van der Waals surface area contributed by atoms with Crippen molar-refractivity contribution in [2.75, 3.05) is 12.0 Å². The number of hydrogen-bond donors (Lipinski definition) is 0. The molecule has 1 aliphatic heterocycles. The molecule has 1 saturated heterocycles. The molecule has 8 nitrogen and oxygen atoms in total. The van der Waals surface area contributed by atoms with Gasteiger partial charge in [0.1, 0.15) is 5.75 Å². The topological polar surface area (TPSA) is 103 Å². The van der Waals surface area contributed by atoms with Crippen LogP contribution >= 0.6 is 0 Å². The number of Topliss-reactive ketones (excluding diaryl/α,β-unsaturated/α-hetero) is 1. The summed E-state index contributed by atoms with van der Waals surface area (Å²) in [4.78, 5) is 59.6. The van der Waals surface area contributed by atoms with Crippen LogP contribution in [0.4, 0.5) is 5.69 Å². The van der Waals surface area contributed by atoms with Crippen molar-refractivity contribution < 1.29 is 28.7 Å². The number of para-hydroxylation sites is 1. The second kappa shape index (κ2) is 10.8. The minimum absolute atomic E-state index is 0.125. The van der Waals surface area contributed by atoms with Gasteiger partial charge in [-0.15, -0.1) is 0 Å². The number of aromatic nitrogens is 1. The van der Waals surface area contributed by atoms with Crippen LogP contribution in [0.15, 0.2) is 84.4 Å². The quantitative estimate of drug-likeness (QED) is 0.105. The molecule has 2 fully saturated rings. The van der Waals surface area contributed by atoms with E-state index < -0.39 is 12.1 Å². The van der Waals surface area contributed by atoms with E-state index in [-0.39, 0.29) is 46.8 Å². The van der Waals surface area contributed by atoms with Crippen molar-refractivity contribution >= 4 is 40.2 Å². The molecule has 0 N–H and O–H groups in total. The fourth-order valence-electron chi connectivity index (χ4n) is 7.29. The van der Waals surface area contributed by atoms with Gasteiger partial charge in [-0.3, -0.25) is 19.3 Å². The molecular formula is C37H32N2O6. The molecule has 0 spiro atoms. The summed E-state index contributed by atoms with van der Waals surface area (Å²) in [6.07, 6.45) is 2.03. The molecule has 7 rings (SSSR count). The lowest BCUT2D eigenvalue weighted by Crippen LogP contribution is -2.32. The molecule has 2 bridgehead atoms. The number of methoxy groups -OCH3 is 1. The molecule has 5 unspecified atom stereocenters. The minimum Gasteiger partial charge on any atom is -0.497 e. The molecule has 45 heavy (non-hydrogen) atoms. The van der Waals surface area contributed by atoms with E-state index in [4.69, 9.17) is 14.5 Å². The Morgan fingerprint density at radius 3 is 2.36 bits per heavy atom. The van der Waals surface area contributed by atoms with Crippen molar-refractivity contribution in [2.24, 2.45) is 23.7 Å². The number of fused-ring (bicyclic) bond motifs is 6. The molecule has 4 aromatic rings. The molecule has 3 aromatic carbocycles. The summed E-state index contributed by atoms with van der Waals surface area (Å²) in [6.45, 7) is 5.52. The first-order valence-electron chi connectivity index (χ1n) is 15.1. The van der Waals surface area contributed by atoms with Crippen LogP contribution in [0.3, 0.4) is 0 Å². The van der Waals surface area contributed by atoms with Crippen LogP contribution in [0.1, 0.15) is 46.5 Å². The Kier molecular flexibility index (Phi) is 6.88. The van der Waals surface area contributed by atoms with Gasteiger partial charge in [-0.05, 0) is 87.1 Å². The number of rotatable bonds is 7. The maximum Gasteiger partial charge on any atom is 0.339 e. The Morgan fingerprint density at radius 2 is 1.64 bits per heavy atom.